The Morgan fingerprint density at radius 3 is 2.58 bits per heavy atom. The fraction of sp³-hybridized carbons (Fsp3) is 0.800. The summed E-state index contributed by atoms with van der Waals surface area (Å²) in [6.07, 6.45) is 7.73. The molecule has 0 aromatic carbocycles. The van der Waals surface area contributed by atoms with Gasteiger partial charge in [0.1, 0.15) is 0 Å². The minimum absolute atomic E-state index is 0.000700. The van der Waals surface area contributed by atoms with E-state index in [1.807, 2.05) is 33.8 Å². The molecule has 31 heavy (non-hydrogen) atoms. The summed E-state index contributed by atoms with van der Waals surface area (Å²) in [4.78, 5) is 11.0. The zero-order chi connectivity index (χ0) is 23.3. The van der Waals surface area contributed by atoms with E-state index in [1.165, 1.54) is 0 Å². The minimum atomic E-state index is -0.810. The summed E-state index contributed by atoms with van der Waals surface area (Å²) in [6.45, 7) is 12.3. The molecule has 0 aromatic rings. The first-order valence-corrected chi connectivity index (χ1v) is 11.6. The van der Waals surface area contributed by atoms with E-state index in [1.54, 1.807) is 7.11 Å². The molecule has 2 aliphatic heterocycles. The SMILES string of the molecule is COC1C(C)OC(C)(CC(C)C=CC=C(C)C2OC(CC(=O)O)CCC2C)C(O)C1C. The van der Waals surface area contributed by atoms with Gasteiger partial charge in [-0.25, -0.2) is 0 Å². The summed E-state index contributed by atoms with van der Waals surface area (Å²) < 4.78 is 17.8. The topological polar surface area (TPSA) is 85.2 Å². The molecule has 0 saturated carbocycles. The van der Waals surface area contributed by atoms with E-state index in [0.29, 0.717) is 12.3 Å². The number of aliphatic carboxylic acids is 1. The number of carboxylic acids is 1. The highest BCUT2D eigenvalue weighted by Crippen LogP contribution is 2.38. The van der Waals surface area contributed by atoms with Crippen molar-refractivity contribution in [2.45, 2.75) is 103 Å². The minimum Gasteiger partial charge on any atom is -0.481 e. The quantitative estimate of drug-likeness (QED) is 0.548. The van der Waals surface area contributed by atoms with Gasteiger partial charge in [-0.3, -0.25) is 4.79 Å². The summed E-state index contributed by atoms with van der Waals surface area (Å²) in [7, 11) is 1.66. The Balaban J connectivity index is 1.98. The van der Waals surface area contributed by atoms with Crippen LogP contribution in [-0.4, -0.2) is 59.4 Å². The molecule has 0 aromatic heterocycles. The van der Waals surface area contributed by atoms with E-state index in [9.17, 15) is 9.90 Å². The number of rotatable bonds is 8. The normalized spacial score (nSPS) is 40.8. The molecule has 2 saturated heterocycles. The van der Waals surface area contributed by atoms with Crippen LogP contribution in [0, 0.1) is 17.8 Å². The molecule has 0 bridgehead atoms. The van der Waals surface area contributed by atoms with E-state index in [0.717, 1.165) is 18.4 Å². The van der Waals surface area contributed by atoms with Crippen molar-refractivity contribution in [1.82, 2.24) is 0 Å². The predicted octanol–water partition coefficient (Wildman–Crippen LogP) is 4.36. The van der Waals surface area contributed by atoms with Crippen molar-refractivity contribution in [1.29, 1.82) is 0 Å². The maximum Gasteiger partial charge on any atom is 0.305 e. The third-order valence-corrected chi connectivity index (χ3v) is 7.01. The number of allylic oxidation sites excluding steroid dienone is 3. The molecule has 2 fully saturated rings. The molecule has 2 N–H and O–H groups in total. The second-order valence-electron chi connectivity index (χ2n) is 9.95. The highest BCUT2D eigenvalue weighted by molar-refractivity contribution is 5.67. The summed E-state index contributed by atoms with van der Waals surface area (Å²) >= 11 is 0. The smallest absolute Gasteiger partial charge is 0.305 e. The molecule has 6 nitrogen and oxygen atoms in total. The molecule has 2 heterocycles. The lowest BCUT2D eigenvalue weighted by Crippen LogP contribution is -2.59. The van der Waals surface area contributed by atoms with Crippen molar-refractivity contribution in [2.24, 2.45) is 17.8 Å². The zero-order valence-corrected chi connectivity index (χ0v) is 20.2. The van der Waals surface area contributed by atoms with Crippen molar-refractivity contribution in [2.75, 3.05) is 7.11 Å². The van der Waals surface area contributed by atoms with Crippen LogP contribution in [0.3, 0.4) is 0 Å². The Morgan fingerprint density at radius 1 is 1.29 bits per heavy atom. The molecule has 2 rings (SSSR count). The number of aliphatic hydroxyl groups excluding tert-OH is 1. The molecule has 6 heteroatoms. The first kappa shape index (κ1) is 26.0. The molecule has 0 aliphatic carbocycles. The lowest BCUT2D eigenvalue weighted by molar-refractivity contribution is -0.247. The molecule has 0 spiro atoms. The lowest BCUT2D eigenvalue weighted by atomic mass is 9.76. The second-order valence-corrected chi connectivity index (χ2v) is 9.95. The van der Waals surface area contributed by atoms with Crippen LogP contribution in [0.5, 0.6) is 0 Å². The fourth-order valence-electron chi connectivity index (χ4n) is 5.41. The van der Waals surface area contributed by atoms with Gasteiger partial charge in [0.25, 0.3) is 0 Å². The number of carbonyl (C=O) groups is 1. The molecule has 9 atom stereocenters. The van der Waals surface area contributed by atoms with Gasteiger partial charge in [-0.2, -0.15) is 0 Å². The number of carboxylic acid groups (broad SMARTS) is 1. The Bertz CT molecular complexity index is 658. The van der Waals surface area contributed by atoms with E-state index in [4.69, 9.17) is 19.3 Å². The van der Waals surface area contributed by atoms with Crippen LogP contribution in [0.25, 0.3) is 0 Å². The largest absolute Gasteiger partial charge is 0.481 e. The van der Waals surface area contributed by atoms with E-state index in [-0.39, 0.29) is 42.7 Å². The summed E-state index contributed by atoms with van der Waals surface area (Å²) in [5.74, 6) is -0.226. The monoisotopic (exact) mass is 438 g/mol. The molecular weight excluding hydrogens is 396 g/mol. The molecule has 0 radical (unpaired) electrons. The first-order chi connectivity index (χ1) is 14.5. The highest BCUT2D eigenvalue weighted by Gasteiger charge is 2.48. The van der Waals surface area contributed by atoms with Crippen LogP contribution < -0.4 is 0 Å². The second kappa shape index (κ2) is 11.1. The maximum atomic E-state index is 11.0. The van der Waals surface area contributed by atoms with Gasteiger partial charge in [-0.15, -0.1) is 0 Å². The van der Waals surface area contributed by atoms with Gasteiger partial charge in [0.15, 0.2) is 0 Å². The molecular formula is C25H42O6. The third kappa shape index (κ3) is 6.64. The predicted molar refractivity (Wildman–Crippen MR) is 121 cm³/mol. The van der Waals surface area contributed by atoms with E-state index in [2.05, 4.69) is 26.0 Å². The van der Waals surface area contributed by atoms with Gasteiger partial charge in [0.2, 0.25) is 0 Å². The number of methoxy groups -OCH3 is 1. The number of aliphatic hydroxyl groups is 1. The van der Waals surface area contributed by atoms with Crippen LogP contribution in [0.2, 0.25) is 0 Å². The Kier molecular flexibility index (Phi) is 9.31. The standard InChI is InChI=1S/C25H42O6/c1-15(14-25(6)24(28)18(4)23(29-7)19(5)31-25)9-8-10-16(2)22-17(3)11-12-20(30-22)13-21(26)27/h8-10,15,17-20,22-24,28H,11-14H2,1-7H3,(H,26,27). The third-order valence-electron chi connectivity index (χ3n) is 7.01. The van der Waals surface area contributed by atoms with Gasteiger partial charge in [0, 0.05) is 13.0 Å². The lowest BCUT2D eigenvalue weighted by Gasteiger charge is -2.49. The van der Waals surface area contributed by atoms with Crippen molar-refractivity contribution in [3.8, 4) is 0 Å². The number of hydrogen-bond donors (Lipinski definition) is 2. The number of hydrogen-bond acceptors (Lipinski definition) is 5. The van der Waals surface area contributed by atoms with Crippen LogP contribution in [0.15, 0.2) is 23.8 Å². The van der Waals surface area contributed by atoms with Gasteiger partial charge >= 0.3 is 5.97 Å². The highest BCUT2D eigenvalue weighted by atomic mass is 16.6. The van der Waals surface area contributed by atoms with Crippen LogP contribution in [0.4, 0.5) is 0 Å². The van der Waals surface area contributed by atoms with Crippen molar-refractivity contribution in [3.05, 3.63) is 23.8 Å². The van der Waals surface area contributed by atoms with Crippen molar-refractivity contribution >= 4 is 5.97 Å². The average Bonchev–Trinajstić information content (AvgIpc) is 2.67. The summed E-state index contributed by atoms with van der Waals surface area (Å²) in [5, 5.41) is 19.9. The van der Waals surface area contributed by atoms with E-state index >= 15 is 0 Å². The van der Waals surface area contributed by atoms with Gasteiger partial charge in [0.05, 0.1) is 42.5 Å². The maximum absolute atomic E-state index is 11.0. The number of ether oxygens (including phenoxy) is 3. The van der Waals surface area contributed by atoms with Crippen molar-refractivity contribution < 1.29 is 29.2 Å². The van der Waals surface area contributed by atoms with Gasteiger partial charge < -0.3 is 24.4 Å². The summed E-state index contributed by atoms with van der Waals surface area (Å²) in [5.41, 5.74) is 0.484. The van der Waals surface area contributed by atoms with Crippen LogP contribution >= 0.6 is 0 Å². The first-order valence-electron chi connectivity index (χ1n) is 11.6. The van der Waals surface area contributed by atoms with Crippen molar-refractivity contribution in [3.63, 3.8) is 0 Å². The van der Waals surface area contributed by atoms with Gasteiger partial charge in [-0.05, 0) is 57.4 Å². The fourth-order valence-corrected chi connectivity index (χ4v) is 5.41. The Morgan fingerprint density at radius 2 is 1.97 bits per heavy atom. The van der Waals surface area contributed by atoms with Crippen LogP contribution in [0.1, 0.15) is 67.2 Å². The van der Waals surface area contributed by atoms with Crippen LogP contribution in [-0.2, 0) is 19.0 Å². The molecule has 178 valence electrons. The van der Waals surface area contributed by atoms with Gasteiger partial charge in [-0.1, -0.05) is 39.0 Å². The zero-order valence-electron chi connectivity index (χ0n) is 20.2. The Labute approximate surface area is 187 Å². The molecule has 2 aliphatic rings. The average molecular weight is 439 g/mol. The summed E-state index contributed by atoms with van der Waals surface area (Å²) in [6, 6.07) is 0. The molecule has 0 amide bonds. The van der Waals surface area contributed by atoms with E-state index < -0.39 is 17.7 Å². The Hall–Kier alpha value is -1.21. The molecule has 9 unspecified atom stereocenters.